The number of primary amides is 1. The van der Waals surface area contributed by atoms with Gasteiger partial charge in [-0.1, -0.05) is 0 Å². The number of nitrogens with zero attached hydrogens (tertiary/aromatic N) is 1. The van der Waals surface area contributed by atoms with E-state index in [-0.39, 0.29) is 5.91 Å². The first kappa shape index (κ1) is 14.3. The maximum Gasteiger partial charge on any atom is 0.225 e. The van der Waals surface area contributed by atoms with Crippen molar-refractivity contribution in [3.05, 3.63) is 22.3 Å². The Balaban J connectivity index is 2.08. The Kier molecular flexibility index (Phi) is 4.42. The lowest BCUT2D eigenvalue weighted by atomic mass is 9.79. The molecule has 1 fully saturated rings. The van der Waals surface area contributed by atoms with E-state index in [9.17, 15) is 4.79 Å². The van der Waals surface area contributed by atoms with Gasteiger partial charge in [0.15, 0.2) is 0 Å². The van der Waals surface area contributed by atoms with Crippen LogP contribution in [0.15, 0.2) is 16.7 Å². The molecule has 0 bridgehead atoms. The third kappa shape index (κ3) is 3.25. The van der Waals surface area contributed by atoms with Gasteiger partial charge in [0, 0.05) is 30.4 Å². The first-order valence-corrected chi connectivity index (χ1v) is 7.06. The summed E-state index contributed by atoms with van der Waals surface area (Å²) in [6.07, 6.45) is 3.05. The highest BCUT2D eigenvalue weighted by Gasteiger charge is 2.38. The molecule has 1 aromatic heterocycles. The zero-order chi connectivity index (χ0) is 13.9. The lowest BCUT2D eigenvalue weighted by molar-refractivity contribution is -0.132. The highest BCUT2D eigenvalue weighted by molar-refractivity contribution is 9.10. The van der Waals surface area contributed by atoms with Crippen LogP contribution in [0.3, 0.4) is 0 Å². The summed E-state index contributed by atoms with van der Waals surface area (Å²) >= 11 is 3.38. The monoisotopic (exact) mass is 327 g/mol. The molecule has 0 radical (unpaired) electrons. The molecule has 0 aromatic carbocycles. The number of carbonyl (C=O) groups excluding carboxylic acids is 1. The van der Waals surface area contributed by atoms with E-state index in [0.29, 0.717) is 32.6 Å². The summed E-state index contributed by atoms with van der Waals surface area (Å²) in [5.74, 6) is 0.522. The first-order valence-electron chi connectivity index (χ1n) is 6.27. The molecule has 19 heavy (non-hydrogen) atoms. The van der Waals surface area contributed by atoms with Gasteiger partial charge in [0.25, 0.3) is 0 Å². The van der Waals surface area contributed by atoms with E-state index in [1.165, 1.54) is 0 Å². The standard InChI is InChI=1S/C13H18BrN3O2/c1-9-6-10(14)7-16-11(9)17-8-13(12(15)18)2-4-19-5-3-13/h6-7H,2-5,8H2,1H3,(H2,15,18)(H,16,17). The summed E-state index contributed by atoms with van der Waals surface area (Å²) < 4.78 is 6.25. The van der Waals surface area contributed by atoms with Crippen molar-refractivity contribution in [3.63, 3.8) is 0 Å². The van der Waals surface area contributed by atoms with E-state index in [2.05, 4.69) is 26.2 Å². The molecule has 1 saturated heterocycles. The molecule has 0 saturated carbocycles. The van der Waals surface area contributed by atoms with E-state index in [4.69, 9.17) is 10.5 Å². The molecule has 0 spiro atoms. The quantitative estimate of drug-likeness (QED) is 0.884. The number of aryl methyl sites for hydroxylation is 1. The van der Waals surface area contributed by atoms with Gasteiger partial charge in [0.05, 0.1) is 5.41 Å². The fraction of sp³-hybridized carbons (Fsp3) is 0.538. The fourth-order valence-electron chi connectivity index (χ4n) is 2.25. The molecule has 1 aliphatic rings. The Bertz CT molecular complexity index is 473. The maximum atomic E-state index is 11.7. The third-order valence-corrected chi connectivity index (χ3v) is 4.05. The molecule has 2 heterocycles. The second-order valence-corrected chi connectivity index (χ2v) is 5.85. The summed E-state index contributed by atoms with van der Waals surface area (Å²) in [6.45, 7) is 3.64. The number of hydrogen-bond donors (Lipinski definition) is 2. The van der Waals surface area contributed by atoms with E-state index in [0.717, 1.165) is 15.9 Å². The molecule has 1 aromatic rings. The minimum atomic E-state index is -0.528. The highest BCUT2D eigenvalue weighted by atomic mass is 79.9. The Labute approximate surface area is 121 Å². The van der Waals surface area contributed by atoms with Gasteiger partial charge in [-0.3, -0.25) is 4.79 Å². The fourth-order valence-corrected chi connectivity index (χ4v) is 2.70. The van der Waals surface area contributed by atoms with Gasteiger partial charge in [0.2, 0.25) is 5.91 Å². The Morgan fingerprint density at radius 1 is 1.58 bits per heavy atom. The number of nitrogens with one attached hydrogen (secondary N) is 1. The van der Waals surface area contributed by atoms with Crippen molar-refractivity contribution < 1.29 is 9.53 Å². The second kappa shape index (κ2) is 5.88. The van der Waals surface area contributed by atoms with Gasteiger partial charge in [0.1, 0.15) is 5.82 Å². The van der Waals surface area contributed by atoms with Crippen molar-refractivity contribution in [2.24, 2.45) is 11.1 Å². The zero-order valence-electron chi connectivity index (χ0n) is 10.9. The van der Waals surface area contributed by atoms with Crippen molar-refractivity contribution >= 4 is 27.7 Å². The average molecular weight is 328 g/mol. The van der Waals surface area contributed by atoms with Crippen LogP contribution in [0, 0.1) is 12.3 Å². The van der Waals surface area contributed by atoms with Crippen LogP contribution in [-0.4, -0.2) is 30.6 Å². The van der Waals surface area contributed by atoms with Crippen molar-refractivity contribution in [1.82, 2.24) is 4.98 Å². The van der Waals surface area contributed by atoms with Gasteiger partial charge in [-0.2, -0.15) is 0 Å². The predicted molar refractivity (Wildman–Crippen MR) is 76.8 cm³/mol. The lowest BCUT2D eigenvalue weighted by Crippen LogP contribution is -2.46. The predicted octanol–water partition coefficient (Wildman–Crippen LogP) is 1.85. The summed E-state index contributed by atoms with van der Waals surface area (Å²) in [5.41, 5.74) is 6.07. The van der Waals surface area contributed by atoms with Gasteiger partial charge >= 0.3 is 0 Å². The Hall–Kier alpha value is -1.14. The number of nitrogens with two attached hydrogens (primary N) is 1. The molecule has 0 unspecified atom stereocenters. The van der Waals surface area contributed by atoms with Crippen molar-refractivity contribution in [3.8, 4) is 0 Å². The number of rotatable bonds is 4. The molecule has 0 atom stereocenters. The van der Waals surface area contributed by atoms with Crippen LogP contribution in [0.1, 0.15) is 18.4 Å². The highest BCUT2D eigenvalue weighted by Crippen LogP contribution is 2.30. The number of pyridine rings is 1. The van der Waals surface area contributed by atoms with Crippen molar-refractivity contribution in [2.45, 2.75) is 19.8 Å². The Morgan fingerprint density at radius 3 is 2.84 bits per heavy atom. The van der Waals surface area contributed by atoms with Gasteiger partial charge in [-0.15, -0.1) is 0 Å². The number of halogens is 1. The summed E-state index contributed by atoms with van der Waals surface area (Å²) in [7, 11) is 0. The maximum absolute atomic E-state index is 11.7. The van der Waals surface area contributed by atoms with Gasteiger partial charge in [-0.25, -0.2) is 4.98 Å². The number of carbonyl (C=O) groups is 1. The molecular weight excluding hydrogens is 310 g/mol. The van der Waals surface area contributed by atoms with Crippen LogP contribution in [-0.2, 0) is 9.53 Å². The molecule has 1 amide bonds. The van der Waals surface area contributed by atoms with Gasteiger partial charge < -0.3 is 15.8 Å². The molecule has 6 heteroatoms. The van der Waals surface area contributed by atoms with E-state index >= 15 is 0 Å². The van der Waals surface area contributed by atoms with Crippen LogP contribution in [0.4, 0.5) is 5.82 Å². The van der Waals surface area contributed by atoms with Crippen molar-refractivity contribution in [2.75, 3.05) is 25.1 Å². The minimum Gasteiger partial charge on any atom is -0.381 e. The van der Waals surface area contributed by atoms with E-state index in [1.807, 2.05) is 13.0 Å². The SMILES string of the molecule is Cc1cc(Br)cnc1NCC1(C(N)=O)CCOCC1. The van der Waals surface area contributed by atoms with Crippen LogP contribution in [0.5, 0.6) is 0 Å². The molecule has 1 aliphatic heterocycles. The van der Waals surface area contributed by atoms with Crippen LogP contribution in [0.25, 0.3) is 0 Å². The third-order valence-electron chi connectivity index (χ3n) is 3.61. The molecular formula is C13H18BrN3O2. The minimum absolute atomic E-state index is 0.266. The topological polar surface area (TPSA) is 77.2 Å². The lowest BCUT2D eigenvalue weighted by Gasteiger charge is -2.34. The van der Waals surface area contributed by atoms with Crippen LogP contribution in [0.2, 0.25) is 0 Å². The smallest absolute Gasteiger partial charge is 0.225 e. The summed E-state index contributed by atoms with van der Waals surface area (Å²) in [6, 6.07) is 1.98. The number of amides is 1. The van der Waals surface area contributed by atoms with Gasteiger partial charge in [-0.05, 0) is 47.3 Å². The molecule has 5 nitrogen and oxygen atoms in total. The number of hydrogen-bond acceptors (Lipinski definition) is 4. The number of anilines is 1. The second-order valence-electron chi connectivity index (χ2n) is 4.93. The largest absolute Gasteiger partial charge is 0.381 e. The number of ether oxygens (including phenoxy) is 1. The first-order chi connectivity index (χ1) is 9.03. The van der Waals surface area contributed by atoms with Crippen LogP contribution < -0.4 is 11.1 Å². The average Bonchev–Trinajstić information content (AvgIpc) is 2.38. The van der Waals surface area contributed by atoms with Crippen molar-refractivity contribution in [1.29, 1.82) is 0 Å². The molecule has 0 aliphatic carbocycles. The van der Waals surface area contributed by atoms with E-state index < -0.39 is 5.41 Å². The summed E-state index contributed by atoms with van der Waals surface area (Å²) in [4.78, 5) is 16.0. The molecule has 104 valence electrons. The molecule has 3 N–H and O–H groups in total. The number of aromatic nitrogens is 1. The van der Waals surface area contributed by atoms with Crippen LogP contribution >= 0.6 is 15.9 Å². The normalized spacial score (nSPS) is 18.0. The Morgan fingerprint density at radius 2 is 2.26 bits per heavy atom. The summed E-state index contributed by atoms with van der Waals surface area (Å²) in [5, 5.41) is 3.24. The molecule has 2 rings (SSSR count). The zero-order valence-corrected chi connectivity index (χ0v) is 12.5. The van der Waals surface area contributed by atoms with E-state index in [1.54, 1.807) is 6.20 Å².